The van der Waals surface area contributed by atoms with Crippen molar-refractivity contribution in [2.24, 2.45) is 17.3 Å². The molecule has 1 heterocycles. The molecule has 0 radical (unpaired) electrons. The molecule has 1 aromatic carbocycles. The number of benzene rings is 1. The van der Waals surface area contributed by atoms with E-state index in [1.807, 2.05) is 12.4 Å². The molecule has 1 aromatic heterocycles. The first-order chi connectivity index (χ1) is 14.6. The molecule has 2 aromatic rings. The molecule has 5 atom stereocenters. The number of rotatable bonds is 1. The third-order valence-corrected chi connectivity index (χ3v) is 9.25. The van der Waals surface area contributed by atoms with Crippen LogP contribution in [0.5, 0.6) is 0 Å². The van der Waals surface area contributed by atoms with Gasteiger partial charge in [-0.2, -0.15) is 0 Å². The number of hydrogen-bond donors (Lipinski definition) is 1. The van der Waals surface area contributed by atoms with E-state index in [-0.39, 0.29) is 5.41 Å². The highest BCUT2D eigenvalue weighted by Crippen LogP contribution is 2.63. The Bertz CT molecular complexity index is 1050. The molecule has 2 fully saturated rings. The summed E-state index contributed by atoms with van der Waals surface area (Å²) in [5, 5.41) is 14.7. The van der Waals surface area contributed by atoms with Gasteiger partial charge in [-0.1, -0.05) is 43.2 Å². The highest BCUT2D eigenvalue weighted by molar-refractivity contribution is 5.82. The summed E-state index contributed by atoms with van der Waals surface area (Å²) in [7, 11) is 0. The molecule has 0 amide bonds. The van der Waals surface area contributed by atoms with Gasteiger partial charge in [0, 0.05) is 17.8 Å². The Morgan fingerprint density at radius 3 is 2.90 bits per heavy atom. The lowest BCUT2D eigenvalue weighted by atomic mass is 9.58. The molecule has 6 rings (SSSR count). The minimum Gasteiger partial charge on any atom is -0.385 e. The van der Waals surface area contributed by atoms with Gasteiger partial charge >= 0.3 is 0 Å². The smallest absolute Gasteiger partial charge is 0.0927 e. The van der Waals surface area contributed by atoms with E-state index < -0.39 is 5.60 Å². The Balaban J connectivity index is 1.38. The molecule has 5 unspecified atom stereocenters. The molecule has 156 valence electrons. The maximum Gasteiger partial charge on any atom is 0.0927 e. The molecule has 0 spiro atoms. The van der Waals surface area contributed by atoms with E-state index in [9.17, 15) is 5.11 Å². The van der Waals surface area contributed by atoms with E-state index in [2.05, 4.69) is 48.3 Å². The van der Waals surface area contributed by atoms with Crippen molar-refractivity contribution < 1.29 is 5.11 Å². The van der Waals surface area contributed by atoms with Gasteiger partial charge in [0.15, 0.2) is 0 Å². The lowest BCUT2D eigenvalue weighted by molar-refractivity contribution is -0.0472. The largest absolute Gasteiger partial charge is 0.385 e. The van der Waals surface area contributed by atoms with Crippen molar-refractivity contribution in [1.29, 1.82) is 0 Å². The molecule has 4 aliphatic carbocycles. The predicted molar refractivity (Wildman–Crippen MR) is 122 cm³/mol. The van der Waals surface area contributed by atoms with E-state index in [1.165, 1.54) is 60.4 Å². The number of fused-ring (bicyclic) bond motifs is 5. The molecular formula is C28H33NO. The van der Waals surface area contributed by atoms with Crippen LogP contribution in [0.4, 0.5) is 0 Å². The lowest BCUT2D eigenvalue weighted by Crippen LogP contribution is -2.49. The van der Waals surface area contributed by atoms with Gasteiger partial charge in [-0.05, 0) is 103 Å². The van der Waals surface area contributed by atoms with E-state index >= 15 is 0 Å². The summed E-state index contributed by atoms with van der Waals surface area (Å²) >= 11 is 0. The summed E-state index contributed by atoms with van der Waals surface area (Å²) in [6.07, 6.45) is 19.5. The monoisotopic (exact) mass is 399 g/mol. The molecule has 0 bridgehead atoms. The Kier molecular flexibility index (Phi) is 4.25. The third-order valence-electron chi connectivity index (χ3n) is 9.25. The average Bonchev–Trinajstić information content (AvgIpc) is 3.05. The minimum absolute atomic E-state index is 0.127. The summed E-state index contributed by atoms with van der Waals surface area (Å²) in [5.41, 5.74) is 3.81. The topological polar surface area (TPSA) is 33.1 Å². The molecular weight excluding hydrogens is 366 g/mol. The minimum atomic E-state index is -0.634. The van der Waals surface area contributed by atoms with E-state index in [1.54, 1.807) is 5.57 Å². The van der Waals surface area contributed by atoms with Crippen molar-refractivity contribution >= 4 is 10.8 Å². The van der Waals surface area contributed by atoms with Gasteiger partial charge in [-0.15, -0.1) is 0 Å². The normalized spacial score (nSPS) is 38.1. The molecule has 2 heteroatoms. The van der Waals surface area contributed by atoms with Crippen LogP contribution in [0.2, 0.25) is 0 Å². The van der Waals surface area contributed by atoms with Gasteiger partial charge < -0.3 is 5.11 Å². The SMILES string of the molecule is CC12CC=C3C=C4CCCCC4CCC3(O)C1CCC2c1ccc2ccncc2c1. The standard InChI is InChI=1S/C28H33NO/c1-27-13-11-24-17-21-5-3-2-4-19(21)10-14-28(24,30)26(27)9-8-25(27)22-7-6-20-12-15-29-18-23(20)16-22/h6-7,11-12,15-19,25-26,30H,2-5,8-10,13-14H2,1H3. The Morgan fingerprint density at radius 1 is 1.03 bits per heavy atom. The van der Waals surface area contributed by atoms with Crippen LogP contribution in [0.1, 0.15) is 76.2 Å². The van der Waals surface area contributed by atoms with Crippen molar-refractivity contribution in [2.45, 2.75) is 76.2 Å². The summed E-state index contributed by atoms with van der Waals surface area (Å²) in [4.78, 5) is 4.33. The second-order valence-electron chi connectivity index (χ2n) is 10.7. The van der Waals surface area contributed by atoms with Crippen LogP contribution in [0.25, 0.3) is 10.8 Å². The first-order valence-corrected chi connectivity index (χ1v) is 12.1. The lowest BCUT2D eigenvalue weighted by Gasteiger charge is -2.49. The number of aromatic nitrogens is 1. The average molecular weight is 400 g/mol. The van der Waals surface area contributed by atoms with Crippen molar-refractivity contribution in [1.82, 2.24) is 4.98 Å². The fourth-order valence-electron chi connectivity index (χ4n) is 7.61. The second-order valence-corrected chi connectivity index (χ2v) is 10.7. The third kappa shape index (κ3) is 2.69. The quantitative estimate of drug-likeness (QED) is 0.578. The highest BCUT2D eigenvalue weighted by Gasteiger charge is 2.58. The Hall–Kier alpha value is -1.93. The van der Waals surface area contributed by atoms with Crippen molar-refractivity contribution in [3.8, 4) is 0 Å². The Morgan fingerprint density at radius 2 is 1.97 bits per heavy atom. The van der Waals surface area contributed by atoms with Crippen LogP contribution in [-0.4, -0.2) is 15.7 Å². The molecule has 4 aliphatic rings. The summed E-state index contributed by atoms with van der Waals surface area (Å²) in [6, 6.07) is 9.03. The number of hydrogen-bond acceptors (Lipinski definition) is 2. The summed E-state index contributed by atoms with van der Waals surface area (Å²) in [5.74, 6) is 1.58. The van der Waals surface area contributed by atoms with Crippen LogP contribution in [0.3, 0.4) is 0 Å². The highest BCUT2D eigenvalue weighted by atomic mass is 16.3. The predicted octanol–water partition coefficient (Wildman–Crippen LogP) is 6.71. The first-order valence-electron chi connectivity index (χ1n) is 12.1. The van der Waals surface area contributed by atoms with Crippen LogP contribution < -0.4 is 0 Å². The van der Waals surface area contributed by atoms with E-state index in [0.29, 0.717) is 17.8 Å². The van der Waals surface area contributed by atoms with E-state index in [4.69, 9.17) is 0 Å². The molecule has 2 nitrogen and oxygen atoms in total. The molecule has 0 saturated heterocycles. The fourth-order valence-corrected chi connectivity index (χ4v) is 7.61. The molecule has 0 aliphatic heterocycles. The second kappa shape index (κ2) is 6.79. The number of nitrogens with zero attached hydrogens (tertiary/aromatic N) is 1. The maximum absolute atomic E-state index is 12.2. The zero-order valence-electron chi connectivity index (χ0n) is 18.1. The molecule has 1 N–H and O–H groups in total. The zero-order chi connectivity index (χ0) is 20.3. The van der Waals surface area contributed by atoms with Gasteiger partial charge in [0.1, 0.15) is 0 Å². The van der Waals surface area contributed by atoms with Gasteiger partial charge in [-0.3, -0.25) is 4.98 Å². The van der Waals surface area contributed by atoms with Crippen LogP contribution in [0.15, 0.2) is 60.0 Å². The fraction of sp³-hybridized carbons (Fsp3) is 0.536. The Labute approximate surface area is 180 Å². The number of allylic oxidation sites excluding steroid dienone is 2. The summed E-state index contributed by atoms with van der Waals surface area (Å²) in [6.45, 7) is 2.46. The van der Waals surface area contributed by atoms with Crippen molar-refractivity contribution in [3.05, 3.63) is 65.5 Å². The number of aliphatic hydroxyl groups is 1. The van der Waals surface area contributed by atoms with Crippen molar-refractivity contribution in [3.63, 3.8) is 0 Å². The van der Waals surface area contributed by atoms with Gasteiger partial charge in [0.2, 0.25) is 0 Å². The first kappa shape index (κ1) is 18.8. The van der Waals surface area contributed by atoms with E-state index in [0.717, 1.165) is 19.3 Å². The van der Waals surface area contributed by atoms with Gasteiger partial charge in [-0.25, -0.2) is 0 Å². The molecule has 30 heavy (non-hydrogen) atoms. The number of pyridine rings is 1. The van der Waals surface area contributed by atoms with Crippen LogP contribution in [-0.2, 0) is 0 Å². The van der Waals surface area contributed by atoms with Crippen LogP contribution >= 0.6 is 0 Å². The van der Waals surface area contributed by atoms with Gasteiger partial charge in [0.25, 0.3) is 0 Å². The van der Waals surface area contributed by atoms with Crippen molar-refractivity contribution in [2.75, 3.05) is 0 Å². The van der Waals surface area contributed by atoms with Crippen LogP contribution in [0, 0.1) is 17.3 Å². The maximum atomic E-state index is 12.2. The molecule has 2 saturated carbocycles. The van der Waals surface area contributed by atoms with Gasteiger partial charge in [0.05, 0.1) is 5.60 Å². The summed E-state index contributed by atoms with van der Waals surface area (Å²) < 4.78 is 0. The zero-order valence-corrected chi connectivity index (χ0v) is 18.1.